The fourth-order valence-corrected chi connectivity index (χ4v) is 1.52. The van der Waals surface area contributed by atoms with Crippen LogP contribution in [0.25, 0.3) is 0 Å². The van der Waals surface area contributed by atoms with Gasteiger partial charge in [0.15, 0.2) is 0 Å². The number of hydrogen-bond acceptors (Lipinski definition) is 3. The molecule has 1 amide bonds. The number of carbonyl (C=O) groups is 1. The Bertz CT molecular complexity index is 547. The highest BCUT2D eigenvalue weighted by Gasteiger charge is 2.11. The van der Waals surface area contributed by atoms with Gasteiger partial charge in [-0.3, -0.25) is 4.79 Å². The number of benzene rings is 1. The molecule has 0 saturated carbocycles. The molecule has 4 nitrogen and oxygen atoms in total. The largest absolute Gasteiger partial charge is 0.387 e. The van der Waals surface area contributed by atoms with Gasteiger partial charge in [0.05, 0.1) is 10.7 Å². The molecule has 0 unspecified atom stereocenters. The van der Waals surface area contributed by atoms with Crippen molar-refractivity contribution in [2.24, 2.45) is 0 Å². The Labute approximate surface area is 122 Å². The summed E-state index contributed by atoms with van der Waals surface area (Å²) in [7, 11) is 0. The minimum atomic E-state index is -0.542. The molecule has 0 heterocycles. The third-order valence-electron chi connectivity index (χ3n) is 2.10. The maximum absolute atomic E-state index is 11.9. The number of amides is 1. The predicted octanol–water partition coefficient (Wildman–Crippen LogP) is 3.34. The molecule has 2 N–H and O–H groups in total. The first kappa shape index (κ1) is 15.4. The molecule has 1 aromatic rings. The van der Waals surface area contributed by atoms with E-state index in [2.05, 4.69) is 10.6 Å². The van der Waals surface area contributed by atoms with Crippen LogP contribution in [-0.4, -0.2) is 11.9 Å². The maximum atomic E-state index is 11.9. The molecule has 100 valence electrons. The van der Waals surface area contributed by atoms with Crippen LogP contribution in [0.15, 0.2) is 30.0 Å². The van der Waals surface area contributed by atoms with Gasteiger partial charge in [0.2, 0.25) is 0 Å². The lowest BCUT2D eigenvalue weighted by Crippen LogP contribution is -2.20. The summed E-state index contributed by atoms with van der Waals surface area (Å²) in [6.07, 6.45) is 1.37. The standard InChI is InChI=1S/C13H13Cl2N3O/c1-8(2)17-7-9(6-16)13(19)18-12-5-10(14)3-4-11(12)15/h3-5,7-8,17H,1-2H3,(H,18,19)/b9-7-. The number of nitrogens with zero attached hydrogens (tertiary/aromatic N) is 1. The Balaban J connectivity index is 2.86. The molecule has 0 aliphatic rings. The van der Waals surface area contributed by atoms with Crippen molar-refractivity contribution in [2.45, 2.75) is 19.9 Å². The van der Waals surface area contributed by atoms with Crippen LogP contribution in [0, 0.1) is 11.3 Å². The fourth-order valence-electron chi connectivity index (χ4n) is 1.18. The molecule has 6 heteroatoms. The molecule has 0 bridgehead atoms. The van der Waals surface area contributed by atoms with Crippen LogP contribution in [-0.2, 0) is 4.79 Å². The first-order valence-corrected chi connectivity index (χ1v) is 6.32. The van der Waals surface area contributed by atoms with Gasteiger partial charge in [-0.05, 0) is 32.0 Å². The van der Waals surface area contributed by atoms with E-state index in [0.717, 1.165) is 0 Å². The molecule has 19 heavy (non-hydrogen) atoms. The second-order valence-corrected chi connectivity index (χ2v) is 4.91. The Kier molecular flexibility index (Phi) is 5.68. The molecule has 0 fully saturated rings. The maximum Gasteiger partial charge on any atom is 0.267 e. The minimum Gasteiger partial charge on any atom is -0.387 e. The lowest BCUT2D eigenvalue weighted by molar-refractivity contribution is -0.112. The quantitative estimate of drug-likeness (QED) is 0.662. The first-order valence-electron chi connectivity index (χ1n) is 5.56. The lowest BCUT2D eigenvalue weighted by Gasteiger charge is -2.08. The number of hydrogen-bond donors (Lipinski definition) is 2. The average Bonchev–Trinajstić information content (AvgIpc) is 2.34. The van der Waals surface area contributed by atoms with E-state index in [-0.39, 0.29) is 11.6 Å². The number of carbonyl (C=O) groups excluding carboxylic acids is 1. The van der Waals surface area contributed by atoms with Crippen molar-refractivity contribution in [1.29, 1.82) is 5.26 Å². The monoisotopic (exact) mass is 297 g/mol. The number of halogens is 2. The van der Waals surface area contributed by atoms with Crippen molar-refractivity contribution in [3.05, 3.63) is 40.0 Å². The molecule has 0 saturated heterocycles. The summed E-state index contributed by atoms with van der Waals surface area (Å²) < 4.78 is 0. The zero-order chi connectivity index (χ0) is 14.4. The summed E-state index contributed by atoms with van der Waals surface area (Å²) in [6.45, 7) is 3.80. The van der Waals surface area contributed by atoms with Gasteiger partial charge in [-0.1, -0.05) is 23.2 Å². The van der Waals surface area contributed by atoms with Crippen LogP contribution < -0.4 is 10.6 Å². The highest BCUT2D eigenvalue weighted by atomic mass is 35.5. The van der Waals surface area contributed by atoms with E-state index in [4.69, 9.17) is 28.5 Å². The molecule has 0 radical (unpaired) electrons. The number of nitrogens with one attached hydrogen (secondary N) is 2. The summed E-state index contributed by atoms with van der Waals surface area (Å²) in [5, 5.41) is 15.2. The van der Waals surface area contributed by atoms with Crippen molar-refractivity contribution in [3.63, 3.8) is 0 Å². The van der Waals surface area contributed by atoms with Crippen molar-refractivity contribution in [1.82, 2.24) is 5.32 Å². The zero-order valence-corrected chi connectivity index (χ0v) is 12.0. The average molecular weight is 298 g/mol. The minimum absolute atomic E-state index is 0.0373. The van der Waals surface area contributed by atoms with Crippen molar-refractivity contribution in [2.75, 3.05) is 5.32 Å². The van der Waals surface area contributed by atoms with Gasteiger partial charge in [-0.25, -0.2) is 0 Å². The topological polar surface area (TPSA) is 64.9 Å². The zero-order valence-electron chi connectivity index (χ0n) is 10.5. The van der Waals surface area contributed by atoms with Crippen molar-refractivity contribution in [3.8, 4) is 6.07 Å². The second-order valence-electron chi connectivity index (χ2n) is 4.07. The van der Waals surface area contributed by atoms with E-state index in [1.54, 1.807) is 12.1 Å². The van der Waals surface area contributed by atoms with Crippen LogP contribution in [0.4, 0.5) is 5.69 Å². The predicted molar refractivity (Wildman–Crippen MR) is 77.1 cm³/mol. The molecule has 1 aromatic carbocycles. The number of rotatable bonds is 4. The Morgan fingerprint density at radius 1 is 1.42 bits per heavy atom. The molecule has 0 atom stereocenters. The molecule has 0 spiro atoms. The van der Waals surface area contributed by atoms with E-state index in [0.29, 0.717) is 15.7 Å². The van der Waals surface area contributed by atoms with E-state index in [1.807, 2.05) is 19.9 Å². The molecule has 0 aliphatic carbocycles. The van der Waals surface area contributed by atoms with Crippen LogP contribution in [0.5, 0.6) is 0 Å². The van der Waals surface area contributed by atoms with Crippen LogP contribution in [0.2, 0.25) is 10.0 Å². The Morgan fingerprint density at radius 2 is 2.11 bits per heavy atom. The van der Waals surface area contributed by atoms with Gasteiger partial charge in [0, 0.05) is 17.3 Å². The normalized spacial score (nSPS) is 11.1. The molecule has 1 rings (SSSR count). The lowest BCUT2D eigenvalue weighted by atomic mass is 10.2. The third-order valence-corrected chi connectivity index (χ3v) is 2.67. The van der Waals surface area contributed by atoms with Crippen molar-refractivity contribution < 1.29 is 4.79 Å². The van der Waals surface area contributed by atoms with E-state index >= 15 is 0 Å². The summed E-state index contributed by atoms with van der Waals surface area (Å²) in [5.41, 5.74) is 0.328. The first-order chi connectivity index (χ1) is 8.93. The van der Waals surface area contributed by atoms with E-state index < -0.39 is 5.91 Å². The highest BCUT2D eigenvalue weighted by molar-refractivity contribution is 6.35. The van der Waals surface area contributed by atoms with Gasteiger partial charge in [-0.2, -0.15) is 5.26 Å². The van der Waals surface area contributed by atoms with E-state index in [9.17, 15) is 4.79 Å². The van der Waals surface area contributed by atoms with Gasteiger partial charge in [-0.15, -0.1) is 0 Å². The summed E-state index contributed by atoms with van der Waals surface area (Å²) >= 11 is 11.7. The molecule has 0 aromatic heterocycles. The summed E-state index contributed by atoms with van der Waals surface area (Å²) in [5.74, 6) is -0.542. The highest BCUT2D eigenvalue weighted by Crippen LogP contribution is 2.25. The Morgan fingerprint density at radius 3 is 2.68 bits per heavy atom. The van der Waals surface area contributed by atoms with Gasteiger partial charge in [0.25, 0.3) is 5.91 Å². The van der Waals surface area contributed by atoms with Crippen LogP contribution in [0.3, 0.4) is 0 Å². The smallest absolute Gasteiger partial charge is 0.267 e. The summed E-state index contributed by atoms with van der Waals surface area (Å²) in [4.78, 5) is 11.9. The molecular formula is C13H13Cl2N3O. The van der Waals surface area contributed by atoms with Gasteiger partial charge in [0.1, 0.15) is 11.6 Å². The SMILES string of the molecule is CC(C)N/C=C(/C#N)C(=O)Nc1cc(Cl)ccc1Cl. The third kappa shape index (κ3) is 4.82. The molecular weight excluding hydrogens is 285 g/mol. The number of nitriles is 1. The van der Waals surface area contributed by atoms with E-state index in [1.165, 1.54) is 12.3 Å². The van der Waals surface area contributed by atoms with Gasteiger partial charge >= 0.3 is 0 Å². The van der Waals surface area contributed by atoms with Crippen LogP contribution in [0.1, 0.15) is 13.8 Å². The molecule has 0 aliphatic heterocycles. The second kappa shape index (κ2) is 7.03. The van der Waals surface area contributed by atoms with Crippen LogP contribution >= 0.6 is 23.2 Å². The fraction of sp³-hybridized carbons (Fsp3) is 0.231. The van der Waals surface area contributed by atoms with Gasteiger partial charge < -0.3 is 10.6 Å². The number of anilines is 1. The summed E-state index contributed by atoms with van der Waals surface area (Å²) in [6, 6.07) is 6.66. The Hall–Kier alpha value is -1.70. The van der Waals surface area contributed by atoms with Crippen molar-refractivity contribution >= 4 is 34.8 Å².